The molecule has 5 aromatic carbocycles. The summed E-state index contributed by atoms with van der Waals surface area (Å²) in [4.78, 5) is 10.3. The Morgan fingerprint density at radius 2 is 1.35 bits per heavy atom. The molecular formula is C32H17N3O2. The van der Waals surface area contributed by atoms with Crippen molar-refractivity contribution in [1.29, 1.82) is 0 Å². The van der Waals surface area contributed by atoms with Crippen molar-refractivity contribution in [2.24, 2.45) is 0 Å². The number of rotatable bonds is 1. The average molecular weight is 476 g/mol. The summed E-state index contributed by atoms with van der Waals surface area (Å²) in [6.07, 6.45) is 0. The zero-order chi connectivity index (χ0) is 24.1. The van der Waals surface area contributed by atoms with Crippen molar-refractivity contribution < 1.29 is 9.15 Å². The van der Waals surface area contributed by atoms with Crippen molar-refractivity contribution in [2.75, 3.05) is 0 Å². The van der Waals surface area contributed by atoms with Crippen LogP contribution in [0.3, 0.4) is 0 Å². The number of hydrogen-bond donors (Lipinski definition) is 0. The van der Waals surface area contributed by atoms with Crippen molar-refractivity contribution in [2.45, 2.75) is 0 Å². The quantitative estimate of drug-likeness (QED) is 0.239. The number of nitrogens with zero attached hydrogens (tertiary/aromatic N) is 3. The van der Waals surface area contributed by atoms with Gasteiger partial charge in [0.05, 0.1) is 27.6 Å². The fourth-order valence-corrected chi connectivity index (χ4v) is 5.88. The van der Waals surface area contributed by atoms with E-state index < -0.39 is 0 Å². The topological polar surface area (TPSA) is 53.1 Å². The van der Waals surface area contributed by atoms with E-state index in [1.54, 1.807) is 0 Å². The number of furan rings is 1. The Morgan fingerprint density at radius 3 is 2.32 bits per heavy atom. The summed E-state index contributed by atoms with van der Waals surface area (Å²) in [6, 6.07) is 34.9. The van der Waals surface area contributed by atoms with Crippen molar-refractivity contribution in [3.63, 3.8) is 0 Å². The van der Waals surface area contributed by atoms with Gasteiger partial charge in [-0.3, -0.25) is 4.57 Å². The second kappa shape index (κ2) is 6.74. The number of benzene rings is 5. The number of ether oxygens (including phenoxy) is 1. The van der Waals surface area contributed by atoms with Gasteiger partial charge in [-0.15, -0.1) is 0 Å². The minimum absolute atomic E-state index is 0.634. The molecule has 1 aliphatic rings. The second-order valence-electron chi connectivity index (χ2n) is 9.40. The minimum Gasteiger partial charge on any atom is -0.456 e. The minimum atomic E-state index is 0.634. The molecule has 5 nitrogen and oxygen atoms in total. The summed E-state index contributed by atoms with van der Waals surface area (Å²) >= 11 is 0. The van der Waals surface area contributed by atoms with Gasteiger partial charge in [0.25, 0.3) is 0 Å². The van der Waals surface area contributed by atoms with E-state index in [1.165, 1.54) is 0 Å². The van der Waals surface area contributed by atoms with Gasteiger partial charge in [0, 0.05) is 27.1 Å². The fraction of sp³-hybridized carbons (Fsp3) is 0. The van der Waals surface area contributed by atoms with Gasteiger partial charge in [-0.05, 0) is 48.5 Å². The van der Waals surface area contributed by atoms with Crippen molar-refractivity contribution in [3.05, 3.63) is 103 Å². The molecule has 8 aromatic rings. The Hall–Kier alpha value is -5.16. The van der Waals surface area contributed by atoms with Gasteiger partial charge < -0.3 is 9.15 Å². The smallest absolute Gasteiger partial charge is 0.235 e. The van der Waals surface area contributed by atoms with E-state index in [4.69, 9.17) is 19.1 Å². The highest BCUT2D eigenvalue weighted by Crippen LogP contribution is 2.46. The molecule has 0 saturated heterocycles. The van der Waals surface area contributed by atoms with E-state index in [2.05, 4.69) is 59.2 Å². The highest BCUT2D eigenvalue weighted by molar-refractivity contribution is 6.27. The molecule has 0 bridgehead atoms. The predicted molar refractivity (Wildman–Crippen MR) is 147 cm³/mol. The van der Waals surface area contributed by atoms with Crippen LogP contribution in [0, 0.1) is 0 Å². The zero-order valence-corrected chi connectivity index (χ0v) is 19.5. The number of aromatic nitrogens is 3. The third-order valence-corrected chi connectivity index (χ3v) is 7.41. The third-order valence-electron chi connectivity index (χ3n) is 7.41. The molecule has 0 radical (unpaired) electrons. The molecule has 4 heterocycles. The lowest BCUT2D eigenvalue weighted by atomic mass is 10.0. The highest BCUT2D eigenvalue weighted by Gasteiger charge is 2.25. The normalized spacial score (nSPS) is 12.5. The first-order valence-corrected chi connectivity index (χ1v) is 12.3. The summed E-state index contributed by atoms with van der Waals surface area (Å²) in [5.41, 5.74) is 6.57. The molecule has 0 atom stereocenters. The van der Waals surface area contributed by atoms with Crippen LogP contribution in [0.2, 0.25) is 0 Å². The standard InChI is InChI=1S/C32H17N3O2/c1-4-12-22-18(8-1)28-23(16-17-27-29(28)19-9-2-5-13-24(19)36-27)35(22)32-33-21-11-7-15-26-30(21)31(34-32)20-10-3-6-14-25(20)37-26/h1-17H. The molecule has 0 unspecified atom stereocenters. The number of fused-ring (bicyclic) bond motifs is 9. The lowest BCUT2D eigenvalue weighted by Gasteiger charge is -2.20. The van der Waals surface area contributed by atoms with E-state index in [1.807, 2.05) is 48.5 Å². The Balaban J connectivity index is 1.46. The average Bonchev–Trinajstić information content (AvgIpc) is 3.48. The third kappa shape index (κ3) is 2.43. The predicted octanol–water partition coefficient (Wildman–Crippen LogP) is 8.40. The van der Waals surface area contributed by atoms with E-state index in [9.17, 15) is 0 Å². The lowest BCUT2D eigenvalue weighted by Crippen LogP contribution is -2.06. The molecule has 0 fully saturated rings. The molecule has 0 aliphatic carbocycles. The van der Waals surface area contributed by atoms with Crippen molar-refractivity contribution >= 4 is 54.6 Å². The van der Waals surface area contributed by atoms with Gasteiger partial charge in [-0.25, -0.2) is 9.97 Å². The number of hydrogen-bond acceptors (Lipinski definition) is 4. The van der Waals surface area contributed by atoms with E-state index >= 15 is 0 Å². The van der Waals surface area contributed by atoms with Crippen LogP contribution < -0.4 is 4.74 Å². The van der Waals surface area contributed by atoms with Crippen LogP contribution in [-0.4, -0.2) is 14.5 Å². The maximum Gasteiger partial charge on any atom is 0.235 e. The van der Waals surface area contributed by atoms with Crippen LogP contribution in [0.1, 0.15) is 0 Å². The van der Waals surface area contributed by atoms with E-state index in [0.29, 0.717) is 5.95 Å². The summed E-state index contributed by atoms with van der Waals surface area (Å²) < 4.78 is 14.6. The van der Waals surface area contributed by atoms with Crippen LogP contribution in [0.15, 0.2) is 108 Å². The SMILES string of the molecule is c1ccc2c(c1)Oc1cccc3nc(-n4c5ccccc5c5c6c(ccc54)oc4ccccc46)nc-2c13. The first-order chi connectivity index (χ1) is 18.3. The van der Waals surface area contributed by atoms with Crippen LogP contribution in [0.4, 0.5) is 0 Å². The van der Waals surface area contributed by atoms with Crippen molar-refractivity contribution in [1.82, 2.24) is 14.5 Å². The van der Waals surface area contributed by atoms with Crippen LogP contribution in [-0.2, 0) is 0 Å². The van der Waals surface area contributed by atoms with Crippen LogP contribution in [0.5, 0.6) is 11.5 Å². The fourth-order valence-electron chi connectivity index (χ4n) is 5.88. The summed E-state index contributed by atoms with van der Waals surface area (Å²) in [7, 11) is 0. The number of para-hydroxylation sites is 3. The van der Waals surface area contributed by atoms with Crippen LogP contribution >= 0.6 is 0 Å². The molecule has 3 aromatic heterocycles. The Morgan fingerprint density at radius 1 is 0.541 bits per heavy atom. The van der Waals surface area contributed by atoms with E-state index in [0.717, 1.165) is 77.4 Å². The van der Waals surface area contributed by atoms with Gasteiger partial charge in [0.1, 0.15) is 22.7 Å². The first-order valence-electron chi connectivity index (χ1n) is 12.3. The molecule has 5 heteroatoms. The Kier molecular flexibility index (Phi) is 3.47. The Bertz CT molecular complexity index is 2240. The first kappa shape index (κ1) is 19.1. The molecule has 9 rings (SSSR count). The molecule has 1 aliphatic heterocycles. The summed E-state index contributed by atoms with van der Waals surface area (Å²) in [5.74, 6) is 2.22. The van der Waals surface area contributed by atoms with Crippen molar-refractivity contribution in [3.8, 4) is 28.7 Å². The Labute approximate surface area is 210 Å². The second-order valence-corrected chi connectivity index (χ2v) is 9.40. The largest absolute Gasteiger partial charge is 0.456 e. The van der Waals surface area contributed by atoms with Gasteiger partial charge in [-0.1, -0.05) is 54.6 Å². The highest BCUT2D eigenvalue weighted by atomic mass is 16.5. The maximum atomic E-state index is 6.22. The van der Waals surface area contributed by atoms with Crippen LogP contribution in [0.25, 0.3) is 71.9 Å². The van der Waals surface area contributed by atoms with Gasteiger partial charge in [-0.2, -0.15) is 0 Å². The van der Waals surface area contributed by atoms with Gasteiger partial charge in [0.2, 0.25) is 5.95 Å². The summed E-state index contributed by atoms with van der Waals surface area (Å²) in [6.45, 7) is 0. The molecular weight excluding hydrogens is 458 g/mol. The summed E-state index contributed by atoms with van der Waals surface area (Å²) in [5, 5.41) is 5.45. The maximum absolute atomic E-state index is 6.22. The zero-order valence-electron chi connectivity index (χ0n) is 19.5. The lowest BCUT2D eigenvalue weighted by molar-refractivity contribution is 0.486. The molecule has 0 N–H and O–H groups in total. The van der Waals surface area contributed by atoms with E-state index in [-0.39, 0.29) is 0 Å². The molecule has 172 valence electrons. The molecule has 0 amide bonds. The molecule has 0 saturated carbocycles. The molecule has 37 heavy (non-hydrogen) atoms. The molecule has 0 spiro atoms. The van der Waals surface area contributed by atoms with Gasteiger partial charge in [0.15, 0.2) is 0 Å². The van der Waals surface area contributed by atoms with Gasteiger partial charge >= 0.3 is 0 Å². The monoisotopic (exact) mass is 475 g/mol.